The number of carbonyl (C=O) groups is 1. The minimum Gasteiger partial charge on any atom is -0.466 e. The standard InChI is InChI=1S/C12H11F2NO2S/c1-2-17-10(16)5-8-3-7(6-15)4-9(11(8)18)12(13)14/h3-4,12,18H,2,5H2,1H3. The van der Waals surface area contributed by atoms with E-state index < -0.39 is 12.4 Å². The molecule has 1 aromatic rings. The van der Waals surface area contributed by atoms with Crippen LogP contribution in [0.15, 0.2) is 17.0 Å². The number of thiol groups is 1. The van der Waals surface area contributed by atoms with Crippen molar-refractivity contribution in [2.45, 2.75) is 24.7 Å². The van der Waals surface area contributed by atoms with Gasteiger partial charge < -0.3 is 4.74 Å². The van der Waals surface area contributed by atoms with Gasteiger partial charge in [0, 0.05) is 10.5 Å². The molecule has 18 heavy (non-hydrogen) atoms. The number of benzene rings is 1. The molecule has 0 N–H and O–H groups in total. The Labute approximate surface area is 109 Å². The van der Waals surface area contributed by atoms with Gasteiger partial charge in [-0.1, -0.05) is 0 Å². The van der Waals surface area contributed by atoms with Crippen LogP contribution in [0.25, 0.3) is 0 Å². The molecule has 0 radical (unpaired) electrons. The summed E-state index contributed by atoms with van der Waals surface area (Å²) >= 11 is 3.98. The van der Waals surface area contributed by atoms with Crippen molar-refractivity contribution in [2.75, 3.05) is 6.61 Å². The highest BCUT2D eigenvalue weighted by molar-refractivity contribution is 7.80. The lowest BCUT2D eigenvalue weighted by atomic mass is 10.0. The van der Waals surface area contributed by atoms with Crippen LogP contribution in [0.2, 0.25) is 0 Å². The summed E-state index contributed by atoms with van der Waals surface area (Å²) in [5, 5.41) is 8.76. The van der Waals surface area contributed by atoms with E-state index in [1.165, 1.54) is 6.07 Å². The maximum Gasteiger partial charge on any atom is 0.310 e. The molecule has 0 amide bonds. The predicted octanol–water partition coefficient (Wildman–Crippen LogP) is 2.89. The number of hydrogen-bond donors (Lipinski definition) is 1. The molecule has 1 aromatic carbocycles. The number of carbonyl (C=O) groups excluding carboxylic acids is 1. The lowest BCUT2D eigenvalue weighted by Gasteiger charge is -2.10. The monoisotopic (exact) mass is 271 g/mol. The smallest absolute Gasteiger partial charge is 0.310 e. The molecule has 0 fully saturated rings. The summed E-state index contributed by atoms with van der Waals surface area (Å²) in [6, 6.07) is 4.21. The number of nitrogens with zero attached hydrogens (tertiary/aromatic N) is 1. The molecule has 0 saturated carbocycles. The summed E-state index contributed by atoms with van der Waals surface area (Å²) in [6.45, 7) is 1.86. The normalized spacial score (nSPS) is 10.2. The van der Waals surface area contributed by atoms with Gasteiger partial charge in [-0.15, -0.1) is 12.6 Å². The van der Waals surface area contributed by atoms with E-state index in [1.54, 1.807) is 13.0 Å². The summed E-state index contributed by atoms with van der Waals surface area (Å²) in [7, 11) is 0. The van der Waals surface area contributed by atoms with Crippen LogP contribution < -0.4 is 0 Å². The van der Waals surface area contributed by atoms with Crippen LogP contribution in [0.3, 0.4) is 0 Å². The minimum absolute atomic E-state index is 0.0250. The van der Waals surface area contributed by atoms with Crippen molar-refractivity contribution < 1.29 is 18.3 Å². The Morgan fingerprint density at radius 2 is 2.22 bits per heavy atom. The third kappa shape index (κ3) is 3.44. The van der Waals surface area contributed by atoms with Gasteiger partial charge >= 0.3 is 5.97 Å². The zero-order valence-electron chi connectivity index (χ0n) is 9.61. The van der Waals surface area contributed by atoms with Crippen molar-refractivity contribution in [1.29, 1.82) is 5.26 Å². The Balaban J connectivity index is 3.14. The van der Waals surface area contributed by atoms with E-state index in [0.717, 1.165) is 6.07 Å². The molecule has 0 aliphatic carbocycles. The molecule has 0 atom stereocenters. The molecule has 0 spiro atoms. The third-order valence-electron chi connectivity index (χ3n) is 2.22. The Morgan fingerprint density at radius 1 is 1.56 bits per heavy atom. The Morgan fingerprint density at radius 3 is 2.72 bits per heavy atom. The number of alkyl halides is 2. The average molecular weight is 271 g/mol. The zero-order valence-corrected chi connectivity index (χ0v) is 10.5. The van der Waals surface area contributed by atoms with Gasteiger partial charge in [0.05, 0.1) is 24.7 Å². The van der Waals surface area contributed by atoms with E-state index in [1.807, 2.05) is 0 Å². The van der Waals surface area contributed by atoms with Gasteiger partial charge in [-0.2, -0.15) is 5.26 Å². The fourth-order valence-corrected chi connectivity index (χ4v) is 1.76. The Kier molecular flexibility index (Phi) is 5.10. The van der Waals surface area contributed by atoms with Crippen LogP contribution in [0.1, 0.15) is 30.0 Å². The van der Waals surface area contributed by atoms with Crippen molar-refractivity contribution in [3.8, 4) is 6.07 Å². The van der Waals surface area contributed by atoms with Gasteiger partial charge in [0.1, 0.15) is 0 Å². The first-order valence-corrected chi connectivity index (χ1v) is 5.64. The second-order valence-corrected chi connectivity index (χ2v) is 3.91. The fraction of sp³-hybridized carbons (Fsp3) is 0.333. The second-order valence-electron chi connectivity index (χ2n) is 3.47. The van der Waals surface area contributed by atoms with Gasteiger partial charge in [0.25, 0.3) is 6.43 Å². The Bertz CT molecular complexity index is 498. The lowest BCUT2D eigenvalue weighted by Crippen LogP contribution is -2.09. The lowest BCUT2D eigenvalue weighted by molar-refractivity contribution is -0.142. The SMILES string of the molecule is CCOC(=O)Cc1cc(C#N)cc(C(F)F)c1S. The molecule has 96 valence electrons. The molecular formula is C12H11F2NO2S. The summed E-state index contributed by atoms with van der Waals surface area (Å²) < 4.78 is 30.2. The highest BCUT2D eigenvalue weighted by Crippen LogP contribution is 2.30. The summed E-state index contributed by atoms with van der Waals surface area (Å²) in [6.07, 6.45) is -2.92. The maximum absolute atomic E-state index is 12.7. The minimum atomic E-state index is -2.74. The van der Waals surface area contributed by atoms with Crippen LogP contribution in [-0.4, -0.2) is 12.6 Å². The predicted molar refractivity (Wildman–Crippen MR) is 63.7 cm³/mol. The zero-order chi connectivity index (χ0) is 13.7. The van der Waals surface area contributed by atoms with Crippen molar-refractivity contribution >= 4 is 18.6 Å². The van der Waals surface area contributed by atoms with Crippen LogP contribution in [-0.2, 0) is 16.0 Å². The van der Waals surface area contributed by atoms with Crippen LogP contribution in [0.4, 0.5) is 8.78 Å². The molecular weight excluding hydrogens is 260 g/mol. The second kappa shape index (κ2) is 6.36. The quantitative estimate of drug-likeness (QED) is 0.676. The van der Waals surface area contributed by atoms with Crippen LogP contribution in [0.5, 0.6) is 0 Å². The fourth-order valence-electron chi connectivity index (χ4n) is 1.45. The first-order chi connectivity index (χ1) is 8.49. The molecule has 0 aliphatic rings. The Hall–Kier alpha value is -1.61. The number of esters is 1. The molecule has 0 heterocycles. The molecule has 6 heteroatoms. The first-order valence-electron chi connectivity index (χ1n) is 5.19. The van der Waals surface area contributed by atoms with Gasteiger partial charge in [-0.25, -0.2) is 8.78 Å². The maximum atomic E-state index is 12.7. The van der Waals surface area contributed by atoms with Gasteiger partial charge in [0.2, 0.25) is 0 Å². The molecule has 0 aliphatic heterocycles. The van der Waals surface area contributed by atoms with Crippen molar-refractivity contribution in [1.82, 2.24) is 0 Å². The summed E-state index contributed by atoms with van der Waals surface area (Å²) in [4.78, 5) is 11.3. The number of hydrogen-bond acceptors (Lipinski definition) is 4. The topological polar surface area (TPSA) is 50.1 Å². The van der Waals surface area contributed by atoms with Crippen molar-refractivity contribution in [3.05, 3.63) is 28.8 Å². The molecule has 0 bridgehead atoms. The van der Waals surface area contributed by atoms with E-state index in [2.05, 4.69) is 12.6 Å². The molecule has 0 aromatic heterocycles. The number of nitriles is 1. The van der Waals surface area contributed by atoms with Gasteiger partial charge in [-0.3, -0.25) is 4.79 Å². The molecule has 0 unspecified atom stereocenters. The molecule has 3 nitrogen and oxygen atoms in total. The van der Waals surface area contributed by atoms with Crippen molar-refractivity contribution in [3.63, 3.8) is 0 Å². The summed E-state index contributed by atoms with van der Waals surface area (Å²) in [5.41, 5.74) is -0.00906. The third-order valence-corrected chi connectivity index (χ3v) is 2.77. The average Bonchev–Trinajstić information content (AvgIpc) is 2.31. The van der Waals surface area contributed by atoms with E-state index in [-0.39, 0.29) is 34.6 Å². The number of rotatable bonds is 4. The van der Waals surface area contributed by atoms with E-state index in [4.69, 9.17) is 10.00 Å². The van der Waals surface area contributed by atoms with Crippen LogP contribution in [0, 0.1) is 11.3 Å². The molecule has 1 rings (SSSR count). The van der Waals surface area contributed by atoms with E-state index >= 15 is 0 Å². The highest BCUT2D eigenvalue weighted by atomic mass is 32.1. The first kappa shape index (κ1) is 14.5. The van der Waals surface area contributed by atoms with E-state index in [9.17, 15) is 13.6 Å². The summed E-state index contributed by atoms with van der Waals surface area (Å²) in [5.74, 6) is -0.539. The largest absolute Gasteiger partial charge is 0.466 e. The number of ether oxygens (including phenoxy) is 1. The molecule has 0 saturated heterocycles. The van der Waals surface area contributed by atoms with Crippen molar-refractivity contribution in [2.24, 2.45) is 0 Å². The van der Waals surface area contributed by atoms with E-state index in [0.29, 0.717) is 0 Å². The number of halogens is 2. The highest BCUT2D eigenvalue weighted by Gasteiger charge is 2.17. The van der Waals surface area contributed by atoms with Crippen LogP contribution >= 0.6 is 12.6 Å². The van der Waals surface area contributed by atoms with Gasteiger partial charge in [0.15, 0.2) is 0 Å². The van der Waals surface area contributed by atoms with Gasteiger partial charge in [-0.05, 0) is 24.6 Å².